The maximum absolute atomic E-state index is 14.0. The molecule has 0 fully saturated rings. The molecule has 0 unspecified atom stereocenters. The Bertz CT molecular complexity index is 945. The molecule has 4 aromatic rings. The molecule has 0 bridgehead atoms. The Morgan fingerprint density at radius 1 is 0.773 bits per heavy atom. The van der Waals surface area contributed by atoms with Gasteiger partial charge in [-0.2, -0.15) is 5.10 Å². The van der Waals surface area contributed by atoms with E-state index in [1.165, 1.54) is 6.07 Å². The Hall–Kier alpha value is -3.01. The molecule has 2 heterocycles. The number of nitrogens with zero attached hydrogens (tertiary/aromatic N) is 3. The van der Waals surface area contributed by atoms with Gasteiger partial charge in [-0.15, -0.1) is 0 Å². The summed E-state index contributed by atoms with van der Waals surface area (Å²) < 4.78 is 15.6. The van der Waals surface area contributed by atoms with Gasteiger partial charge in [0.15, 0.2) is 5.65 Å². The van der Waals surface area contributed by atoms with Crippen molar-refractivity contribution >= 4 is 5.65 Å². The van der Waals surface area contributed by atoms with E-state index in [0.29, 0.717) is 16.8 Å². The summed E-state index contributed by atoms with van der Waals surface area (Å²) in [5.74, 6) is -0.272. The van der Waals surface area contributed by atoms with Crippen molar-refractivity contribution < 1.29 is 4.39 Å². The molecular formula is C18H12FN3. The van der Waals surface area contributed by atoms with Crippen molar-refractivity contribution in [2.75, 3.05) is 0 Å². The number of hydrogen-bond donors (Lipinski definition) is 0. The first-order valence-electron chi connectivity index (χ1n) is 6.96. The average molecular weight is 289 g/mol. The lowest BCUT2D eigenvalue weighted by Crippen LogP contribution is -1.92. The van der Waals surface area contributed by atoms with Crippen molar-refractivity contribution in [1.29, 1.82) is 0 Å². The Balaban J connectivity index is 1.87. The predicted molar refractivity (Wildman–Crippen MR) is 83.8 cm³/mol. The molecule has 0 aliphatic carbocycles. The van der Waals surface area contributed by atoms with Gasteiger partial charge in [-0.05, 0) is 11.6 Å². The molecule has 0 amide bonds. The minimum absolute atomic E-state index is 0.272. The molecule has 0 N–H and O–H groups in total. The lowest BCUT2D eigenvalue weighted by Gasteiger charge is -2.03. The van der Waals surface area contributed by atoms with Gasteiger partial charge < -0.3 is 0 Å². The van der Waals surface area contributed by atoms with Crippen LogP contribution in [0.3, 0.4) is 0 Å². The van der Waals surface area contributed by atoms with Crippen molar-refractivity contribution in [2.45, 2.75) is 0 Å². The number of halogens is 1. The minimum Gasteiger partial charge on any atom is -0.236 e. The van der Waals surface area contributed by atoms with Gasteiger partial charge in [0, 0.05) is 29.1 Å². The maximum atomic E-state index is 14.0. The van der Waals surface area contributed by atoms with Gasteiger partial charge in [0.1, 0.15) is 5.82 Å². The summed E-state index contributed by atoms with van der Waals surface area (Å²) in [6.45, 7) is 0. The number of fused-ring (bicyclic) bond motifs is 1. The fourth-order valence-corrected chi connectivity index (χ4v) is 2.52. The van der Waals surface area contributed by atoms with E-state index in [4.69, 9.17) is 0 Å². The quantitative estimate of drug-likeness (QED) is 0.553. The molecule has 2 aromatic carbocycles. The highest BCUT2D eigenvalue weighted by molar-refractivity contribution is 5.78. The molecule has 0 aliphatic rings. The van der Waals surface area contributed by atoms with Crippen LogP contribution in [0, 0.1) is 5.82 Å². The molecular weight excluding hydrogens is 277 g/mol. The monoisotopic (exact) mass is 289 g/mol. The van der Waals surface area contributed by atoms with E-state index in [1.807, 2.05) is 36.5 Å². The van der Waals surface area contributed by atoms with Crippen LogP contribution in [0.5, 0.6) is 0 Å². The lowest BCUT2D eigenvalue weighted by molar-refractivity contribution is 0.631. The lowest BCUT2D eigenvalue weighted by atomic mass is 10.1. The van der Waals surface area contributed by atoms with Crippen LogP contribution in [0.2, 0.25) is 0 Å². The summed E-state index contributed by atoms with van der Waals surface area (Å²) in [5.41, 5.74) is 3.89. The molecule has 0 saturated carbocycles. The third kappa shape index (κ3) is 2.05. The largest absolute Gasteiger partial charge is 0.236 e. The summed E-state index contributed by atoms with van der Waals surface area (Å²) in [6, 6.07) is 16.6. The second kappa shape index (κ2) is 5.07. The number of benzene rings is 2. The van der Waals surface area contributed by atoms with E-state index in [0.717, 1.165) is 11.1 Å². The number of rotatable bonds is 2. The molecule has 2 aromatic heterocycles. The zero-order chi connectivity index (χ0) is 14.9. The highest BCUT2D eigenvalue weighted by atomic mass is 19.1. The molecule has 106 valence electrons. The van der Waals surface area contributed by atoms with Crippen LogP contribution in [0.15, 0.2) is 73.2 Å². The van der Waals surface area contributed by atoms with Crippen LogP contribution in [0.1, 0.15) is 0 Å². The number of aromatic nitrogens is 3. The zero-order valence-electron chi connectivity index (χ0n) is 11.6. The van der Waals surface area contributed by atoms with E-state index >= 15 is 0 Å². The maximum Gasteiger partial charge on any atom is 0.162 e. The summed E-state index contributed by atoms with van der Waals surface area (Å²) in [6.07, 6.45) is 5.34. The molecule has 0 spiro atoms. The van der Waals surface area contributed by atoms with E-state index in [1.54, 1.807) is 35.1 Å². The van der Waals surface area contributed by atoms with Crippen LogP contribution in [0.25, 0.3) is 27.9 Å². The average Bonchev–Trinajstić information content (AvgIpc) is 2.99. The van der Waals surface area contributed by atoms with Gasteiger partial charge in [0.25, 0.3) is 0 Å². The molecule has 0 atom stereocenters. The van der Waals surface area contributed by atoms with E-state index in [9.17, 15) is 4.39 Å². The van der Waals surface area contributed by atoms with Crippen LogP contribution in [-0.4, -0.2) is 14.6 Å². The van der Waals surface area contributed by atoms with E-state index in [2.05, 4.69) is 10.1 Å². The summed E-state index contributed by atoms with van der Waals surface area (Å²) >= 11 is 0. The summed E-state index contributed by atoms with van der Waals surface area (Å²) in [5, 5.41) is 4.31. The molecule has 0 saturated heterocycles. The van der Waals surface area contributed by atoms with Crippen molar-refractivity contribution in [3.05, 3.63) is 79.0 Å². The Morgan fingerprint density at radius 3 is 2.36 bits per heavy atom. The summed E-state index contributed by atoms with van der Waals surface area (Å²) in [7, 11) is 0. The van der Waals surface area contributed by atoms with Crippen molar-refractivity contribution in [3.8, 4) is 22.3 Å². The van der Waals surface area contributed by atoms with E-state index < -0.39 is 0 Å². The minimum atomic E-state index is -0.272. The van der Waals surface area contributed by atoms with Crippen molar-refractivity contribution in [3.63, 3.8) is 0 Å². The third-order valence-corrected chi connectivity index (χ3v) is 3.63. The van der Waals surface area contributed by atoms with Gasteiger partial charge in [-0.1, -0.05) is 48.5 Å². The Labute approximate surface area is 126 Å². The highest BCUT2D eigenvalue weighted by Crippen LogP contribution is 2.27. The molecule has 22 heavy (non-hydrogen) atoms. The fourth-order valence-electron chi connectivity index (χ4n) is 2.52. The Kier molecular flexibility index (Phi) is 2.93. The van der Waals surface area contributed by atoms with Crippen LogP contribution >= 0.6 is 0 Å². The molecule has 0 aliphatic heterocycles. The SMILES string of the molecule is Fc1ccccc1-c1cnn2cc(-c3ccccc3)cnc12. The smallest absolute Gasteiger partial charge is 0.162 e. The fraction of sp³-hybridized carbons (Fsp3) is 0. The van der Waals surface area contributed by atoms with Gasteiger partial charge >= 0.3 is 0 Å². The second-order valence-corrected chi connectivity index (χ2v) is 5.01. The molecule has 3 nitrogen and oxygen atoms in total. The van der Waals surface area contributed by atoms with Crippen molar-refractivity contribution in [2.24, 2.45) is 0 Å². The van der Waals surface area contributed by atoms with E-state index in [-0.39, 0.29) is 5.82 Å². The van der Waals surface area contributed by atoms with Gasteiger partial charge in [0.2, 0.25) is 0 Å². The van der Waals surface area contributed by atoms with Crippen molar-refractivity contribution in [1.82, 2.24) is 14.6 Å². The highest BCUT2D eigenvalue weighted by Gasteiger charge is 2.12. The summed E-state index contributed by atoms with van der Waals surface area (Å²) in [4.78, 5) is 4.47. The van der Waals surface area contributed by atoms with Crippen LogP contribution in [0.4, 0.5) is 4.39 Å². The van der Waals surface area contributed by atoms with Crippen LogP contribution in [-0.2, 0) is 0 Å². The molecule has 0 radical (unpaired) electrons. The standard InChI is InChI=1S/C18H12FN3/c19-17-9-5-4-8-15(17)16-11-21-22-12-14(10-20-18(16)22)13-6-2-1-3-7-13/h1-12H. The zero-order valence-corrected chi connectivity index (χ0v) is 11.6. The normalized spacial score (nSPS) is 11.0. The molecule has 4 heteroatoms. The molecule has 4 rings (SSSR count). The first-order chi connectivity index (χ1) is 10.8. The number of hydrogen-bond acceptors (Lipinski definition) is 2. The van der Waals surface area contributed by atoms with Crippen LogP contribution < -0.4 is 0 Å². The van der Waals surface area contributed by atoms with Gasteiger partial charge in [-0.25, -0.2) is 13.9 Å². The van der Waals surface area contributed by atoms with Gasteiger partial charge in [0.05, 0.1) is 6.20 Å². The Morgan fingerprint density at radius 2 is 1.55 bits per heavy atom. The first kappa shape index (κ1) is 12.7. The third-order valence-electron chi connectivity index (χ3n) is 3.63. The predicted octanol–water partition coefficient (Wildman–Crippen LogP) is 4.20. The first-order valence-corrected chi connectivity index (χ1v) is 6.96. The topological polar surface area (TPSA) is 30.2 Å². The van der Waals surface area contributed by atoms with Gasteiger partial charge in [-0.3, -0.25) is 0 Å². The second-order valence-electron chi connectivity index (χ2n) is 5.01.